The third kappa shape index (κ3) is 3.82. The van der Waals surface area contributed by atoms with Gasteiger partial charge in [0.2, 0.25) is 0 Å². The van der Waals surface area contributed by atoms with Crippen molar-refractivity contribution in [3.05, 3.63) is 42.5 Å². The maximum Gasteiger partial charge on any atom is 0.136 e. The summed E-state index contributed by atoms with van der Waals surface area (Å²) in [6.07, 6.45) is 17.7. The maximum absolute atomic E-state index is 13.8. The largest absolute Gasteiger partial charge is 0.300 e. The summed E-state index contributed by atoms with van der Waals surface area (Å²) in [7, 11) is -0.280. The molecule has 0 saturated heterocycles. The fourth-order valence-corrected chi connectivity index (χ4v) is 8.38. The van der Waals surface area contributed by atoms with E-state index >= 15 is 0 Å². The molecule has 25 heavy (non-hydrogen) atoms. The van der Waals surface area contributed by atoms with E-state index in [0.717, 1.165) is 17.0 Å². The Kier molecular flexibility index (Phi) is 5.51. The summed E-state index contributed by atoms with van der Waals surface area (Å²) in [5.74, 6) is -0.170. The molecule has 4 heteroatoms. The molecular weight excluding hydrogens is 330 g/mol. The van der Waals surface area contributed by atoms with Crippen LogP contribution in [0.25, 0.3) is 5.69 Å². The maximum atomic E-state index is 13.8. The Morgan fingerprint density at radius 2 is 1.56 bits per heavy atom. The van der Waals surface area contributed by atoms with Crippen LogP contribution in [0, 0.1) is 5.82 Å². The van der Waals surface area contributed by atoms with Gasteiger partial charge in [0.1, 0.15) is 11.4 Å². The van der Waals surface area contributed by atoms with Gasteiger partial charge >= 0.3 is 0 Å². The third-order valence-electron chi connectivity index (χ3n) is 5.87. The molecule has 2 aliphatic carbocycles. The van der Waals surface area contributed by atoms with Crippen molar-refractivity contribution in [2.75, 3.05) is 0 Å². The zero-order chi connectivity index (χ0) is 17.1. The second-order valence-electron chi connectivity index (χ2n) is 7.57. The van der Waals surface area contributed by atoms with E-state index in [2.05, 4.69) is 4.57 Å². The second kappa shape index (κ2) is 7.99. The molecule has 0 aliphatic heterocycles. The number of halogens is 1. The smallest absolute Gasteiger partial charge is 0.136 e. The van der Waals surface area contributed by atoms with Gasteiger partial charge in [-0.05, 0) is 63.1 Å². The standard InChI is InChI=1S/C21H28FN2P/c22-17-8-7-9-18(16-17)24-15-14-23-21(24)25(19-10-3-1-4-11-19)20-12-5-2-6-13-20/h7-9,14-16,19-20H,1-6,10-13H2. The number of imidazole rings is 1. The summed E-state index contributed by atoms with van der Waals surface area (Å²) in [5.41, 5.74) is 3.77. The molecule has 1 aromatic heterocycles. The van der Waals surface area contributed by atoms with E-state index in [-0.39, 0.29) is 13.7 Å². The molecular formula is C21H28FN2P. The van der Waals surface area contributed by atoms with E-state index in [9.17, 15) is 4.39 Å². The Bertz CT molecular complexity index is 669. The third-order valence-corrected chi connectivity index (χ3v) is 9.27. The van der Waals surface area contributed by atoms with Gasteiger partial charge in [-0.1, -0.05) is 44.6 Å². The number of rotatable bonds is 4. The molecule has 1 heterocycles. The van der Waals surface area contributed by atoms with Crippen LogP contribution in [0.4, 0.5) is 4.39 Å². The topological polar surface area (TPSA) is 17.8 Å². The number of benzene rings is 1. The van der Waals surface area contributed by atoms with Crippen LogP contribution in [0.1, 0.15) is 64.2 Å². The monoisotopic (exact) mass is 358 g/mol. The SMILES string of the molecule is Fc1cccc(-n2ccnc2P(C2CCCCC2)C2CCCCC2)c1. The van der Waals surface area contributed by atoms with E-state index in [1.165, 1.54) is 75.8 Å². The van der Waals surface area contributed by atoms with E-state index < -0.39 is 0 Å². The fraction of sp³-hybridized carbons (Fsp3) is 0.571. The van der Waals surface area contributed by atoms with Gasteiger partial charge < -0.3 is 4.57 Å². The Hall–Kier alpha value is -1.21. The predicted molar refractivity (Wildman–Crippen MR) is 104 cm³/mol. The number of aromatic nitrogens is 2. The van der Waals surface area contributed by atoms with Crippen LogP contribution in [0.15, 0.2) is 36.7 Å². The van der Waals surface area contributed by atoms with Crippen LogP contribution in [0.5, 0.6) is 0 Å². The van der Waals surface area contributed by atoms with Crippen molar-refractivity contribution in [1.82, 2.24) is 9.55 Å². The summed E-state index contributed by atoms with van der Waals surface area (Å²) in [5, 5.41) is 0. The first-order chi connectivity index (χ1) is 12.3. The van der Waals surface area contributed by atoms with Crippen molar-refractivity contribution < 1.29 is 4.39 Å². The molecule has 2 nitrogen and oxygen atoms in total. The Labute approximate surface area is 151 Å². The average Bonchev–Trinajstić information content (AvgIpc) is 3.13. The van der Waals surface area contributed by atoms with Crippen molar-refractivity contribution >= 4 is 13.5 Å². The Balaban J connectivity index is 1.70. The highest BCUT2D eigenvalue weighted by atomic mass is 31.1. The molecule has 0 bridgehead atoms. The molecule has 0 unspecified atom stereocenters. The fourth-order valence-electron chi connectivity index (χ4n) is 4.66. The molecule has 1 aromatic carbocycles. The van der Waals surface area contributed by atoms with Crippen molar-refractivity contribution in [2.24, 2.45) is 0 Å². The summed E-state index contributed by atoms with van der Waals surface area (Å²) in [4.78, 5) is 4.84. The summed E-state index contributed by atoms with van der Waals surface area (Å²) >= 11 is 0. The van der Waals surface area contributed by atoms with Crippen LogP contribution in [0.2, 0.25) is 0 Å². The van der Waals surface area contributed by atoms with Gasteiger partial charge in [0.15, 0.2) is 0 Å². The van der Waals surface area contributed by atoms with Crippen molar-refractivity contribution in [2.45, 2.75) is 75.5 Å². The first-order valence-corrected chi connectivity index (χ1v) is 11.4. The lowest BCUT2D eigenvalue weighted by Gasteiger charge is -2.38. The zero-order valence-corrected chi connectivity index (χ0v) is 15.8. The normalized spacial score (nSPS) is 20.2. The molecule has 4 rings (SSSR count). The molecule has 0 radical (unpaired) electrons. The van der Waals surface area contributed by atoms with Gasteiger partial charge in [0.05, 0.1) is 0 Å². The molecule has 2 aliphatic rings. The lowest BCUT2D eigenvalue weighted by Crippen LogP contribution is -2.30. The van der Waals surface area contributed by atoms with E-state index in [4.69, 9.17) is 4.98 Å². The second-order valence-corrected chi connectivity index (χ2v) is 10.2. The lowest BCUT2D eigenvalue weighted by atomic mass is 9.99. The van der Waals surface area contributed by atoms with Crippen molar-refractivity contribution in [3.63, 3.8) is 0 Å². The Morgan fingerprint density at radius 3 is 2.16 bits per heavy atom. The van der Waals surface area contributed by atoms with Gasteiger partial charge in [-0.3, -0.25) is 0 Å². The summed E-state index contributed by atoms with van der Waals surface area (Å²) in [6, 6.07) is 6.97. The van der Waals surface area contributed by atoms with Crippen LogP contribution in [-0.2, 0) is 0 Å². The van der Waals surface area contributed by atoms with E-state index in [1.54, 1.807) is 12.1 Å². The van der Waals surface area contributed by atoms with Crippen LogP contribution in [0.3, 0.4) is 0 Å². The Morgan fingerprint density at radius 1 is 0.920 bits per heavy atom. The van der Waals surface area contributed by atoms with Gasteiger partial charge in [-0.25, -0.2) is 9.37 Å². The van der Waals surface area contributed by atoms with Gasteiger partial charge in [0, 0.05) is 18.1 Å². The number of hydrogen-bond donors (Lipinski definition) is 0. The highest BCUT2D eigenvalue weighted by molar-refractivity contribution is 7.66. The minimum absolute atomic E-state index is 0.170. The molecule has 2 fully saturated rings. The molecule has 0 N–H and O–H groups in total. The zero-order valence-electron chi connectivity index (χ0n) is 14.9. The predicted octanol–water partition coefficient (Wildman–Crippen LogP) is 5.78. The number of hydrogen-bond acceptors (Lipinski definition) is 1. The van der Waals surface area contributed by atoms with Crippen LogP contribution < -0.4 is 5.57 Å². The van der Waals surface area contributed by atoms with Gasteiger partial charge in [0.25, 0.3) is 0 Å². The molecule has 0 atom stereocenters. The summed E-state index contributed by atoms with van der Waals surface area (Å²) in [6.45, 7) is 0. The molecule has 0 amide bonds. The van der Waals surface area contributed by atoms with Crippen LogP contribution >= 0.6 is 7.92 Å². The summed E-state index contributed by atoms with van der Waals surface area (Å²) < 4.78 is 16.0. The van der Waals surface area contributed by atoms with E-state index in [0.29, 0.717) is 0 Å². The lowest BCUT2D eigenvalue weighted by molar-refractivity contribution is 0.486. The van der Waals surface area contributed by atoms with Crippen LogP contribution in [-0.4, -0.2) is 20.9 Å². The first kappa shape index (κ1) is 17.2. The minimum Gasteiger partial charge on any atom is -0.300 e. The molecule has 2 aromatic rings. The quantitative estimate of drug-likeness (QED) is 0.633. The minimum atomic E-state index is -0.280. The molecule has 134 valence electrons. The van der Waals surface area contributed by atoms with Gasteiger partial charge in [-0.2, -0.15) is 0 Å². The van der Waals surface area contributed by atoms with E-state index in [1.807, 2.05) is 18.5 Å². The average molecular weight is 358 g/mol. The van der Waals surface area contributed by atoms with Gasteiger partial charge in [-0.15, -0.1) is 0 Å². The van der Waals surface area contributed by atoms with Crippen molar-refractivity contribution in [3.8, 4) is 5.69 Å². The van der Waals surface area contributed by atoms with Crippen molar-refractivity contribution in [1.29, 1.82) is 0 Å². The number of nitrogens with zero attached hydrogens (tertiary/aromatic N) is 2. The first-order valence-electron chi connectivity index (χ1n) is 9.90. The molecule has 0 spiro atoms. The highest BCUT2D eigenvalue weighted by Crippen LogP contribution is 2.54. The highest BCUT2D eigenvalue weighted by Gasteiger charge is 2.35. The molecule has 2 saturated carbocycles.